The van der Waals surface area contributed by atoms with Crippen LogP contribution < -0.4 is 0 Å². The summed E-state index contributed by atoms with van der Waals surface area (Å²) in [4.78, 5) is 70.1. The summed E-state index contributed by atoms with van der Waals surface area (Å²) in [6, 6.07) is 0. The van der Waals surface area contributed by atoms with Crippen molar-refractivity contribution < 1.29 is 57.2 Å². The fourth-order valence-corrected chi connectivity index (χ4v) is 13.3. The van der Waals surface area contributed by atoms with Crippen LogP contribution in [0, 0.1) is 59.2 Å². The van der Waals surface area contributed by atoms with E-state index < -0.39 is 0 Å². The molecule has 8 aliphatic rings. The van der Waals surface area contributed by atoms with Crippen LogP contribution >= 0.6 is 0 Å². The molecule has 0 N–H and O–H groups in total. The predicted molar refractivity (Wildman–Crippen MR) is 349 cm³/mol. The number of esters is 6. The maximum Gasteiger partial charge on any atom is 0.309 e. The first kappa shape index (κ1) is 78.9. The number of carbonyl (C=O) groups is 6. The predicted octanol–water partition coefficient (Wildman–Crippen LogP) is 19.7. The van der Waals surface area contributed by atoms with Crippen molar-refractivity contribution in [1.82, 2.24) is 0 Å². The molecule has 0 aromatic rings. The molecule has 12 nitrogen and oxygen atoms in total. The minimum atomic E-state index is -0.305. The minimum absolute atomic E-state index is 0.00116. The Hall–Kier alpha value is -3.18. The number of carbonyl (C=O) groups excluding carboxylic acids is 6. The van der Waals surface area contributed by atoms with Crippen molar-refractivity contribution in [1.29, 1.82) is 0 Å². The van der Waals surface area contributed by atoms with Crippen LogP contribution in [-0.4, -0.2) is 69.4 Å². The minimum Gasteiger partial charge on any atom is -0.459 e. The smallest absolute Gasteiger partial charge is 0.309 e. The second kappa shape index (κ2) is 37.9. The Morgan fingerprint density at radius 1 is 0.360 bits per heavy atom. The third-order valence-electron chi connectivity index (χ3n) is 21.9. The molecular weight excluding hydrogens is 1080 g/mol. The molecule has 0 saturated heterocycles. The number of rotatable bonds is 21. The highest BCUT2D eigenvalue weighted by molar-refractivity contribution is 5.74. The number of hydrogen-bond acceptors (Lipinski definition) is 12. The summed E-state index contributed by atoms with van der Waals surface area (Å²) in [5, 5.41) is 0. The molecule has 8 aliphatic carbocycles. The average molecular weight is 1220 g/mol. The van der Waals surface area contributed by atoms with Crippen molar-refractivity contribution in [3.05, 3.63) is 0 Å². The fourth-order valence-electron chi connectivity index (χ4n) is 13.3. The van der Waals surface area contributed by atoms with Crippen LogP contribution in [0.1, 0.15) is 344 Å². The van der Waals surface area contributed by atoms with Gasteiger partial charge in [0.2, 0.25) is 0 Å². The molecule has 0 aliphatic heterocycles. The van der Waals surface area contributed by atoms with Gasteiger partial charge in [-0.1, -0.05) is 117 Å². The van der Waals surface area contributed by atoms with Gasteiger partial charge in [-0.05, 0) is 251 Å². The van der Waals surface area contributed by atoms with E-state index in [1.54, 1.807) is 0 Å². The lowest BCUT2D eigenvalue weighted by molar-refractivity contribution is -0.206. The van der Waals surface area contributed by atoms with Crippen LogP contribution in [0.15, 0.2) is 0 Å². The lowest BCUT2D eigenvalue weighted by Crippen LogP contribution is -2.58. The third kappa shape index (κ3) is 25.6. The molecule has 0 radical (unpaired) electrons. The Balaban J connectivity index is 0.000000354. The highest BCUT2D eigenvalue weighted by Crippen LogP contribution is 2.59. The van der Waals surface area contributed by atoms with Gasteiger partial charge in [0, 0.05) is 0 Å². The van der Waals surface area contributed by atoms with Gasteiger partial charge in [0.05, 0.1) is 35.5 Å². The zero-order valence-corrected chi connectivity index (χ0v) is 59.3. The molecule has 0 aromatic carbocycles. The maximum absolute atomic E-state index is 12.1. The summed E-state index contributed by atoms with van der Waals surface area (Å²) in [5.41, 5.74) is -1.01. The zero-order valence-electron chi connectivity index (χ0n) is 59.3. The molecule has 502 valence electrons. The first-order chi connectivity index (χ1) is 40.4. The van der Waals surface area contributed by atoms with E-state index in [0.717, 1.165) is 121 Å². The summed E-state index contributed by atoms with van der Waals surface area (Å²) in [6.07, 6.45) is 35.3. The van der Waals surface area contributed by atoms with E-state index in [9.17, 15) is 28.8 Å². The van der Waals surface area contributed by atoms with E-state index in [2.05, 4.69) is 41.5 Å². The highest BCUT2D eigenvalue weighted by atomic mass is 16.6. The van der Waals surface area contributed by atoms with E-state index in [1.807, 2.05) is 96.9 Å². The monoisotopic (exact) mass is 1210 g/mol. The van der Waals surface area contributed by atoms with Crippen LogP contribution in [0.3, 0.4) is 0 Å². The molecule has 8 fully saturated rings. The molecule has 12 heteroatoms. The van der Waals surface area contributed by atoms with E-state index in [1.165, 1.54) is 96.3 Å². The molecule has 0 amide bonds. The van der Waals surface area contributed by atoms with Crippen molar-refractivity contribution in [2.45, 2.75) is 378 Å². The van der Waals surface area contributed by atoms with Crippen LogP contribution in [0.5, 0.6) is 0 Å². The van der Waals surface area contributed by atoms with Crippen LogP contribution in [0.2, 0.25) is 0 Å². The average Bonchev–Trinajstić information content (AvgIpc) is 0.914. The molecule has 0 aromatic heterocycles. The highest BCUT2D eigenvalue weighted by Gasteiger charge is 2.57. The second-order valence-electron chi connectivity index (χ2n) is 29.5. The molecule has 6 atom stereocenters. The SMILES string of the molecule is CCC(C)C(=O)OC(C)(C)CC.CCC(C)C(=O)OC1(C)C2CC3CC(C2)CC1C3.CCC(C)C(=O)OC1(C)CCCC1.CCC(C)C(=O)OC1(C)CCCCC1.CCC(C)C(=O)OC1(CC)CCCC1.CCC(C)C(=O)OC1(CC)CCCCC1. The summed E-state index contributed by atoms with van der Waals surface area (Å²) >= 11 is 0. The van der Waals surface area contributed by atoms with Crippen LogP contribution in [-0.2, 0) is 57.2 Å². The van der Waals surface area contributed by atoms with Crippen molar-refractivity contribution in [3.63, 3.8) is 0 Å². The molecule has 86 heavy (non-hydrogen) atoms. The van der Waals surface area contributed by atoms with Gasteiger partial charge >= 0.3 is 35.8 Å². The van der Waals surface area contributed by atoms with E-state index >= 15 is 0 Å². The molecule has 4 bridgehead atoms. The Morgan fingerprint density at radius 3 is 0.907 bits per heavy atom. The fraction of sp³-hybridized carbons (Fsp3) is 0.919. The molecule has 0 spiro atoms. The van der Waals surface area contributed by atoms with Gasteiger partial charge in [-0.25, -0.2) is 0 Å². The van der Waals surface area contributed by atoms with Gasteiger partial charge < -0.3 is 28.4 Å². The van der Waals surface area contributed by atoms with Gasteiger partial charge in [-0.2, -0.15) is 0 Å². The normalized spacial score (nSPS) is 26.4. The number of ether oxygens (including phenoxy) is 6. The first-order valence-electron chi connectivity index (χ1n) is 35.7. The van der Waals surface area contributed by atoms with Crippen molar-refractivity contribution >= 4 is 35.8 Å². The van der Waals surface area contributed by atoms with E-state index in [-0.39, 0.29) is 105 Å². The standard InChI is InChI=1S/C16H26O2.C13H24O2.2C12H22O2.C11H20O2.C10H20O2/c1-4-10(2)15(17)18-16(3)13-6-11-5-12(8-13)9-14(16)7-11;1-4-11(3)12(14)15-13(5-2)9-7-6-8-10-13;1-4-10(2)11(13)14-12(3)8-6-5-7-9-12;1-4-10(3)11(13)14-12(5-2)8-6-7-9-12;1-4-9(2)10(12)13-11(3)7-5-6-8-11;1-6-8(3)9(11)12-10(4,5)7-2/h10-14H,4-9H2,1-3H3;11H,4-10H2,1-3H3;2*10H,4-9H2,1-3H3;9H,4-8H2,1-3H3;8H,6-7H2,1-5H3. The van der Waals surface area contributed by atoms with Gasteiger partial charge in [0.25, 0.3) is 0 Å². The third-order valence-corrected chi connectivity index (χ3v) is 21.9. The first-order valence-corrected chi connectivity index (χ1v) is 35.7. The Labute approximate surface area is 527 Å². The van der Waals surface area contributed by atoms with Crippen molar-refractivity contribution in [2.75, 3.05) is 0 Å². The van der Waals surface area contributed by atoms with E-state index in [0.29, 0.717) is 11.8 Å². The lowest BCUT2D eigenvalue weighted by atomic mass is 9.50. The topological polar surface area (TPSA) is 158 Å². The largest absolute Gasteiger partial charge is 0.459 e. The Kier molecular flexibility index (Phi) is 34.7. The quantitative estimate of drug-likeness (QED) is 0.0792. The lowest BCUT2D eigenvalue weighted by Gasteiger charge is -2.59. The summed E-state index contributed by atoms with van der Waals surface area (Å²) < 4.78 is 33.8. The summed E-state index contributed by atoms with van der Waals surface area (Å²) in [7, 11) is 0. The van der Waals surface area contributed by atoms with Gasteiger partial charge in [0.1, 0.15) is 33.6 Å². The molecule has 8 saturated carbocycles. The molecule has 8 rings (SSSR count). The zero-order chi connectivity index (χ0) is 65.1. The van der Waals surface area contributed by atoms with Gasteiger partial charge in [-0.3, -0.25) is 28.8 Å². The second-order valence-corrected chi connectivity index (χ2v) is 29.5. The Bertz CT molecular complexity index is 1950. The molecular formula is C74H134O12. The van der Waals surface area contributed by atoms with Crippen molar-refractivity contribution in [2.24, 2.45) is 59.2 Å². The van der Waals surface area contributed by atoms with E-state index in [4.69, 9.17) is 28.4 Å². The summed E-state index contributed by atoms with van der Waals surface area (Å²) in [5.74, 6) is 3.35. The van der Waals surface area contributed by atoms with Gasteiger partial charge in [0.15, 0.2) is 0 Å². The maximum atomic E-state index is 12.1. The Morgan fingerprint density at radius 2 is 0.616 bits per heavy atom. The molecule has 6 unspecified atom stereocenters. The van der Waals surface area contributed by atoms with Gasteiger partial charge in [-0.15, -0.1) is 0 Å². The van der Waals surface area contributed by atoms with Crippen LogP contribution in [0.25, 0.3) is 0 Å². The summed E-state index contributed by atoms with van der Waals surface area (Å²) in [6.45, 7) is 40.3. The molecule has 0 heterocycles. The van der Waals surface area contributed by atoms with Crippen LogP contribution in [0.4, 0.5) is 0 Å². The van der Waals surface area contributed by atoms with Crippen molar-refractivity contribution in [3.8, 4) is 0 Å². The number of hydrogen-bond donors (Lipinski definition) is 0.